The Balaban J connectivity index is 1.09. The van der Waals surface area contributed by atoms with Crippen molar-refractivity contribution in [3.8, 4) is 11.1 Å². The zero-order valence-electron chi connectivity index (χ0n) is 21.6. The van der Waals surface area contributed by atoms with Gasteiger partial charge in [0.1, 0.15) is 11.2 Å². The lowest BCUT2D eigenvalue weighted by Gasteiger charge is -2.14. The number of nitrogens with zero attached hydrogens (tertiary/aromatic N) is 5. The molecule has 14 heteroatoms. The van der Waals surface area contributed by atoms with Crippen molar-refractivity contribution < 1.29 is 32.0 Å². The van der Waals surface area contributed by atoms with Gasteiger partial charge in [-0.3, -0.25) is 9.48 Å². The fraction of sp³-hybridized carbons (Fsp3) is 0.370. The lowest BCUT2D eigenvalue weighted by atomic mass is 10.0. The Morgan fingerprint density at radius 2 is 1.90 bits per heavy atom. The number of nitrogens with one attached hydrogen (secondary N) is 2. The molecule has 3 heterocycles. The van der Waals surface area contributed by atoms with Crippen LogP contribution >= 0.6 is 0 Å². The molecule has 214 valence electrons. The van der Waals surface area contributed by atoms with Crippen molar-refractivity contribution in [1.82, 2.24) is 24.9 Å². The molecule has 0 bridgehead atoms. The zero-order valence-corrected chi connectivity index (χ0v) is 21.6. The van der Waals surface area contributed by atoms with E-state index in [4.69, 9.17) is 4.52 Å². The van der Waals surface area contributed by atoms with Crippen molar-refractivity contribution in [1.29, 1.82) is 0 Å². The van der Waals surface area contributed by atoms with Crippen LogP contribution in [0.25, 0.3) is 11.1 Å². The van der Waals surface area contributed by atoms with Crippen LogP contribution in [0.5, 0.6) is 0 Å². The van der Waals surface area contributed by atoms with Crippen LogP contribution in [-0.4, -0.2) is 48.7 Å². The minimum Gasteiger partial charge on any atom is -0.394 e. The van der Waals surface area contributed by atoms with Gasteiger partial charge in [-0.05, 0) is 42.9 Å². The lowest BCUT2D eigenvalue weighted by molar-refractivity contribution is -0.165. The van der Waals surface area contributed by atoms with Gasteiger partial charge in [-0.15, -0.1) is 0 Å². The molecule has 0 saturated heterocycles. The SMILES string of the molecule is O=C(Cc1ccc(-c2cnc(Nc3cn(CCO)nc3C3CC3)nc2)cc1F)Nc1cc(C2(C(F)(F)F)CC2)on1. The molecule has 6 rings (SSSR count). The minimum absolute atomic E-state index is 0.0230. The molecule has 2 aliphatic carbocycles. The third-order valence-electron chi connectivity index (χ3n) is 7.26. The molecular weight excluding hydrogens is 546 g/mol. The average molecular weight is 572 g/mol. The maximum Gasteiger partial charge on any atom is 0.401 e. The van der Waals surface area contributed by atoms with Crippen LogP contribution in [0.2, 0.25) is 0 Å². The number of aromatic nitrogens is 5. The fourth-order valence-electron chi connectivity index (χ4n) is 4.65. The second-order valence-electron chi connectivity index (χ2n) is 10.3. The average Bonchev–Trinajstić information content (AvgIpc) is 3.85. The maximum absolute atomic E-state index is 14.9. The van der Waals surface area contributed by atoms with Crippen molar-refractivity contribution >= 4 is 23.4 Å². The van der Waals surface area contributed by atoms with Crippen LogP contribution in [0.1, 0.15) is 48.6 Å². The number of carbonyl (C=O) groups is 1. The Hall–Kier alpha value is -4.33. The second-order valence-corrected chi connectivity index (χ2v) is 10.3. The molecule has 0 aliphatic heterocycles. The fourth-order valence-corrected chi connectivity index (χ4v) is 4.65. The van der Waals surface area contributed by atoms with Gasteiger partial charge in [0, 0.05) is 36.1 Å². The number of hydrogen-bond donors (Lipinski definition) is 3. The molecule has 2 fully saturated rings. The summed E-state index contributed by atoms with van der Waals surface area (Å²) in [5.41, 5.74) is 0.775. The molecule has 1 aromatic carbocycles. The van der Waals surface area contributed by atoms with E-state index in [1.807, 2.05) is 0 Å². The molecule has 0 spiro atoms. The number of carbonyl (C=O) groups excluding carboxylic acids is 1. The van der Waals surface area contributed by atoms with E-state index in [0.717, 1.165) is 30.3 Å². The number of hydrogen-bond acceptors (Lipinski definition) is 8. The van der Waals surface area contributed by atoms with Crippen LogP contribution < -0.4 is 10.6 Å². The van der Waals surface area contributed by atoms with Crippen molar-refractivity contribution in [2.24, 2.45) is 0 Å². The van der Waals surface area contributed by atoms with Gasteiger partial charge >= 0.3 is 6.18 Å². The van der Waals surface area contributed by atoms with Gasteiger partial charge < -0.3 is 20.3 Å². The topological polar surface area (TPSA) is 131 Å². The standard InChI is InChI=1S/C27H25F4N7O3/c28-19-9-16(18-12-32-25(33-13-18)34-20-14-38(7-8-39)36-24(20)15-1-2-15)3-4-17(19)10-23(40)35-22-11-21(41-37-22)26(5-6-26)27(29,30)31/h3-4,9,11-15,39H,1-2,5-8,10H2,(H,32,33,34)(H,35,37,40). The van der Waals surface area contributed by atoms with Crippen LogP contribution in [0.4, 0.5) is 35.0 Å². The molecule has 0 radical (unpaired) electrons. The number of alkyl halides is 3. The predicted molar refractivity (Wildman–Crippen MR) is 138 cm³/mol. The number of halogens is 4. The summed E-state index contributed by atoms with van der Waals surface area (Å²) in [7, 11) is 0. The predicted octanol–water partition coefficient (Wildman–Crippen LogP) is 4.86. The first kappa shape index (κ1) is 26.9. The molecule has 10 nitrogen and oxygen atoms in total. The molecular formula is C27H25F4N7O3. The maximum atomic E-state index is 14.9. The summed E-state index contributed by atoms with van der Waals surface area (Å²) in [4.78, 5) is 21.1. The van der Waals surface area contributed by atoms with E-state index in [0.29, 0.717) is 29.5 Å². The molecule has 0 unspecified atom stereocenters. The van der Waals surface area contributed by atoms with E-state index in [2.05, 4.69) is 30.9 Å². The van der Waals surface area contributed by atoms with Crippen LogP contribution in [0.15, 0.2) is 47.4 Å². The highest BCUT2D eigenvalue weighted by molar-refractivity contribution is 5.91. The molecule has 0 atom stereocenters. The Morgan fingerprint density at radius 1 is 1.15 bits per heavy atom. The summed E-state index contributed by atoms with van der Waals surface area (Å²) in [6.45, 7) is 0.360. The summed E-state index contributed by atoms with van der Waals surface area (Å²) in [6.07, 6.45) is 1.98. The summed E-state index contributed by atoms with van der Waals surface area (Å²) >= 11 is 0. The van der Waals surface area contributed by atoms with E-state index < -0.39 is 23.3 Å². The van der Waals surface area contributed by atoms with E-state index in [1.165, 1.54) is 12.1 Å². The summed E-state index contributed by atoms with van der Waals surface area (Å²) < 4.78 is 61.2. The van der Waals surface area contributed by atoms with Gasteiger partial charge in [0.15, 0.2) is 11.6 Å². The van der Waals surface area contributed by atoms with E-state index in [1.54, 1.807) is 29.3 Å². The zero-order chi connectivity index (χ0) is 28.8. The van der Waals surface area contributed by atoms with Crippen LogP contribution in [0, 0.1) is 5.82 Å². The van der Waals surface area contributed by atoms with Gasteiger partial charge in [-0.2, -0.15) is 18.3 Å². The van der Waals surface area contributed by atoms with Crippen LogP contribution in [0.3, 0.4) is 0 Å². The lowest BCUT2D eigenvalue weighted by Crippen LogP contribution is -2.28. The first-order chi connectivity index (χ1) is 19.6. The Morgan fingerprint density at radius 3 is 2.54 bits per heavy atom. The highest BCUT2D eigenvalue weighted by Gasteiger charge is 2.66. The first-order valence-corrected chi connectivity index (χ1v) is 13.0. The number of benzene rings is 1. The molecule has 2 aliphatic rings. The number of amides is 1. The number of aliphatic hydroxyl groups is 1. The molecule has 41 heavy (non-hydrogen) atoms. The number of rotatable bonds is 10. The van der Waals surface area contributed by atoms with Gasteiger partial charge in [0.2, 0.25) is 11.9 Å². The van der Waals surface area contributed by atoms with Crippen molar-refractivity contribution in [2.45, 2.75) is 56.2 Å². The molecule has 4 aromatic rings. The van der Waals surface area contributed by atoms with Gasteiger partial charge in [-0.25, -0.2) is 14.4 Å². The minimum atomic E-state index is -4.47. The third kappa shape index (κ3) is 5.51. The Labute approximate surface area is 230 Å². The highest BCUT2D eigenvalue weighted by atomic mass is 19.4. The van der Waals surface area contributed by atoms with Crippen molar-refractivity contribution in [3.63, 3.8) is 0 Å². The Kier molecular flexibility index (Phi) is 6.72. The van der Waals surface area contributed by atoms with Crippen molar-refractivity contribution in [2.75, 3.05) is 17.2 Å². The van der Waals surface area contributed by atoms with Gasteiger partial charge in [0.25, 0.3) is 0 Å². The van der Waals surface area contributed by atoms with Gasteiger partial charge in [0.05, 0.1) is 31.0 Å². The Bertz CT molecular complexity index is 1570. The smallest absolute Gasteiger partial charge is 0.394 e. The largest absolute Gasteiger partial charge is 0.401 e. The molecule has 3 N–H and O–H groups in total. The summed E-state index contributed by atoms with van der Waals surface area (Å²) in [5, 5.41) is 22.8. The molecule has 3 aromatic heterocycles. The van der Waals surface area contributed by atoms with Gasteiger partial charge in [-0.1, -0.05) is 17.3 Å². The highest BCUT2D eigenvalue weighted by Crippen LogP contribution is 2.59. The molecule has 1 amide bonds. The van der Waals surface area contributed by atoms with E-state index >= 15 is 0 Å². The van der Waals surface area contributed by atoms with E-state index in [9.17, 15) is 27.5 Å². The second kappa shape index (κ2) is 10.3. The number of anilines is 3. The number of aliphatic hydroxyl groups excluding tert-OH is 1. The summed E-state index contributed by atoms with van der Waals surface area (Å²) in [5.74, 6) is -1.09. The first-order valence-electron chi connectivity index (χ1n) is 13.0. The van der Waals surface area contributed by atoms with E-state index in [-0.39, 0.29) is 43.0 Å². The monoisotopic (exact) mass is 571 g/mol. The summed E-state index contributed by atoms with van der Waals surface area (Å²) in [6, 6.07) is 5.39. The normalized spacial score (nSPS) is 16.0. The third-order valence-corrected chi connectivity index (χ3v) is 7.26. The molecule has 2 saturated carbocycles. The van der Waals surface area contributed by atoms with Crippen molar-refractivity contribution in [3.05, 3.63) is 65.7 Å². The van der Waals surface area contributed by atoms with Crippen LogP contribution in [-0.2, 0) is 23.2 Å². The quantitative estimate of drug-likeness (QED) is 0.230.